The van der Waals surface area contributed by atoms with Gasteiger partial charge in [-0.2, -0.15) is 0 Å². The molecule has 22 heavy (non-hydrogen) atoms. The van der Waals surface area contributed by atoms with Gasteiger partial charge in [-0.15, -0.1) is 0 Å². The van der Waals surface area contributed by atoms with Crippen molar-refractivity contribution in [3.05, 3.63) is 60.2 Å². The fourth-order valence-corrected chi connectivity index (χ4v) is 1.75. The first-order valence-corrected chi connectivity index (χ1v) is 6.60. The number of benzene rings is 1. The molecular weight excluding hydrogens is 286 g/mol. The molecule has 0 radical (unpaired) electrons. The van der Waals surface area contributed by atoms with Crippen LogP contribution in [0.25, 0.3) is 0 Å². The molecule has 7 heteroatoms. The number of carboxylic acid groups (broad SMARTS) is 1. The lowest BCUT2D eigenvalue weighted by Gasteiger charge is -2.14. The summed E-state index contributed by atoms with van der Waals surface area (Å²) in [7, 11) is 0. The summed E-state index contributed by atoms with van der Waals surface area (Å²) in [5, 5.41) is 11.5. The molecule has 1 unspecified atom stereocenters. The number of aliphatic carboxylic acids is 1. The number of amides is 1. The molecule has 1 atom stereocenters. The minimum atomic E-state index is -1.16. The van der Waals surface area contributed by atoms with Gasteiger partial charge in [0.15, 0.2) is 0 Å². The topological polar surface area (TPSA) is 101 Å². The minimum absolute atomic E-state index is 0.0314. The average molecular weight is 301 g/mol. The molecule has 0 spiro atoms. The van der Waals surface area contributed by atoms with Gasteiger partial charge in [0.25, 0.3) is 0 Å². The van der Waals surface area contributed by atoms with E-state index < -0.39 is 18.1 Å². The Morgan fingerprint density at radius 3 is 2.64 bits per heavy atom. The number of nitrogens with zero attached hydrogens (tertiary/aromatic N) is 2. The molecule has 0 aliphatic rings. The summed E-state index contributed by atoms with van der Waals surface area (Å²) >= 11 is 0. The molecule has 2 aromatic rings. The predicted molar refractivity (Wildman–Crippen MR) is 76.9 cm³/mol. The van der Waals surface area contributed by atoms with E-state index in [1.165, 1.54) is 18.6 Å². The number of carbonyl (C=O) groups excluding carboxylic acids is 1. The van der Waals surface area contributed by atoms with Crippen LogP contribution >= 0.6 is 0 Å². The summed E-state index contributed by atoms with van der Waals surface area (Å²) in [5.41, 5.74) is 1.29. The molecule has 0 saturated heterocycles. The molecule has 1 aromatic heterocycles. The van der Waals surface area contributed by atoms with Crippen molar-refractivity contribution in [1.82, 2.24) is 15.3 Å². The van der Waals surface area contributed by atoms with E-state index in [1.54, 1.807) is 0 Å². The molecule has 2 N–H and O–H groups in total. The van der Waals surface area contributed by atoms with Crippen molar-refractivity contribution in [2.45, 2.75) is 19.1 Å². The number of alkyl carbamates (subject to hydrolysis) is 1. The van der Waals surface area contributed by atoms with Crippen LogP contribution in [0.3, 0.4) is 0 Å². The van der Waals surface area contributed by atoms with Gasteiger partial charge in [-0.25, -0.2) is 9.59 Å². The zero-order chi connectivity index (χ0) is 15.8. The lowest BCUT2D eigenvalue weighted by molar-refractivity contribution is -0.139. The molecule has 1 aromatic carbocycles. The molecule has 1 heterocycles. The van der Waals surface area contributed by atoms with Gasteiger partial charge in [-0.3, -0.25) is 9.97 Å². The van der Waals surface area contributed by atoms with Crippen molar-refractivity contribution in [3.8, 4) is 0 Å². The van der Waals surface area contributed by atoms with E-state index in [-0.39, 0.29) is 13.0 Å². The number of ether oxygens (including phenoxy) is 1. The number of carbonyl (C=O) groups is 2. The van der Waals surface area contributed by atoms with Crippen molar-refractivity contribution in [3.63, 3.8) is 0 Å². The first-order valence-electron chi connectivity index (χ1n) is 6.60. The minimum Gasteiger partial charge on any atom is -0.480 e. The lowest BCUT2D eigenvalue weighted by atomic mass is 10.1. The standard InChI is InChI=1S/C15H15N3O4/c19-14(20)13(8-12-9-16-6-7-17-12)18-15(21)22-10-11-4-2-1-3-5-11/h1-7,9,13H,8,10H2,(H,18,21)(H,19,20). The van der Waals surface area contributed by atoms with E-state index in [2.05, 4.69) is 15.3 Å². The fraction of sp³-hybridized carbons (Fsp3) is 0.200. The Balaban J connectivity index is 1.88. The van der Waals surface area contributed by atoms with Crippen LogP contribution < -0.4 is 5.32 Å². The Morgan fingerprint density at radius 1 is 1.23 bits per heavy atom. The number of aromatic nitrogens is 2. The summed E-state index contributed by atoms with van der Waals surface area (Å²) in [6.45, 7) is 0.0736. The van der Waals surface area contributed by atoms with Gasteiger partial charge >= 0.3 is 12.1 Å². The SMILES string of the molecule is O=C(NC(Cc1cnccn1)C(=O)O)OCc1ccccc1. The van der Waals surface area contributed by atoms with E-state index >= 15 is 0 Å². The lowest BCUT2D eigenvalue weighted by Crippen LogP contribution is -2.42. The molecule has 114 valence electrons. The second-order valence-corrected chi connectivity index (χ2v) is 4.50. The predicted octanol–water partition coefficient (Wildman–Crippen LogP) is 1.40. The van der Waals surface area contributed by atoms with Crippen LogP contribution in [0.1, 0.15) is 11.3 Å². The Kier molecular flexibility index (Phi) is 5.42. The van der Waals surface area contributed by atoms with Crippen LogP contribution in [0.15, 0.2) is 48.9 Å². The van der Waals surface area contributed by atoms with Gasteiger partial charge in [0.2, 0.25) is 0 Å². The molecular formula is C15H15N3O4. The highest BCUT2D eigenvalue weighted by molar-refractivity contribution is 5.80. The Morgan fingerprint density at radius 2 is 2.00 bits per heavy atom. The van der Waals surface area contributed by atoms with E-state index in [0.29, 0.717) is 5.69 Å². The van der Waals surface area contributed by atoms with Crippen molar-refractivity contribution < 1.29 is 19.4 Å². The number of carboxylic acids is 1. The van der Waals surface area contributed by atoms with E-state index in [1.807, 2.05) is 30.3 Å². The highest BCUT2D eigenvalue weighted by atomic mass is 16.5. The van der Waals surface area contributed by atoms with Crippen LogP contribution in [-0.2, 0) is 22.6 Å². The van der Waals surface area contributed by atoms with Crippen molar-refractivity contribution in [2.24, 2.45) is 0 Å². The highest BCUT2D eigenvalue weighted by Gasteiger charge is 2.21. The third kappa shape index (κ3) is 4.86. The highest BCUT2D eigenvalue weighted by Crippen LogP contribution is 2.02. The molecule has 0 aliphatic carbocycles. The van der Waals surface area contributed by atoms with Gasteiger partial charge in [0.1, 0.15) is 12.6 Å². The maximum atomic E-state index is 11.7. The number of rotatable bonds is 6. The monoisotopic (exact) mass is 301 g/mol. The zero-order valence-corrected chi connectivity index (χ0v) is 11.7. The molecule has 1 amide bonds. The molecule has 0 fully saturated rings. The second-order valence-electron chi connectivity index (χ2n) is 4.50. The zero-order valence-electron chi connectivity index (χ0n) is 11.7. The third-order valence-electron chi connectivity index (χ3n) is 2.83. The van der Waals surface area contributed by atoms with Crippen molar-refractivity contribution in [2.75, 3.05) is 0 Å². The van der Waals surface area contributed by atoms with Crippen LogP contribution in [0.4, 0.5) is 4.79 Å². The molecule has 0 saturated carbocycles. The molecule has 0 bridgehead atoms. The Hall–Kier alpha value is -2.96. The van der Waals surface area contributed by atoms with E-state index in [4.69, 9.17) is 9.84 Å². The summed E-state index contributed by atoms with van der Waals surface area (Å²) in [4.78, 5) is 30.7. The van der Waals surface area contributed by atoms with Gasteiger partial charge in [-0.05, 0) is 5.56 Å². The van der Waals surface area contributed by atoms with Crippen LogP contribution in [0.5, 0.6) is 0 Å². The van der Waals surface area contributed by atoms with Gasteiger partial charge < -0.3 is 15.2 Å². The summed E-state index contributed by atoms with van der Waals surface area (Å²) in [6.07, 6.45) is 3.64. The van der Waals surface area contributed by atoms with E-state index in [0.717, 1.165) is 5.56 Å². The Labute approximate surface area is 127 Å². The van der Waals surface area contributed by atoms with Crippen molar-refractivity contribution in [1.29, 1.82) is 0 Å². The third-order valence-corrected chi connectivity index (χ3v) is 2.83. The van der Waals surface area contributed by atoms with Gasteiger partial charge in [0, 0.05) is 25.0 Å². The maximum absolute atomic E-state index is 11.7. The number of hydrogen-bond donors (Lipinski definition) is 2. The largest absolute Gasteiger partial charge is 0.480 e. The van der Waals surface area contributed by atoms with Gasteiger partial charge in [-0.1, -0.05) is 30.3 Å². The van der Waals surface area contributed by atoms with Crippen LogP contribution in [0.2, 0.25) is 0 Å². The number of nitrogens with one attached hydrogen (secondary N) is 1. The fourth-order valence-electron chi connectivity index (χ4n) is 1.75. The summed E-state index contributed by atoms with van der Waals surface area (Å²) in [6, 6.07) is 7.99. The maximum Gasteiger partial charge on any atom is 0.408 e. The average Bonchev–Trinajstić information content (AvgIpc) is 2.54. The molecule has 7 nitrogen and oxygen atoms in total. The second kappa shape index (κ2) is 7.72. The van der Waals surface area contributed by atoms with Crippen LogP contribution in [0, 0.1) is 0 Å². The van der Waals surface area contributed by atoms with Crippen molar-refractivity contribution >= 4 is 12.1 Å². The van der Waals surface area contributed by atoms with Gasteiger partial charge in [0.05, 0.1) is 5.69 Å². The smallest absolute Gasteiger partial charge is 0.408 e. The summed E-state index contributed by atoms with van der Waals surface area (Å²) in [5.74, 6) is -1.16. The summed E-state index contributed by atoms with van der Waals surface area (Å²) < 4.78 is 5.00. The van der Waals surface area contributed by atoms with E-state index in [9.17, 15) is 9.59 Å². The molecule has 0 aliphatic heterocycles. The first-order chi connectivity index (χ1) is 10.6. The normalized spacial score (nSPS) is 11.5. The Bertz CT molecular complexity index is 619. The quantitative estimate of drug-likeness (QED) is 0.836. The number of hydrogen-bond acceptors (Lipinski definition) is 5. The van der Waals surface area contributed by atoms with Crippen LogP contribution in [-0.4, -0.2) is 33.2 Å². The first kappa shape index (κ1) is 15.4. The molecule has 2 rings (SSSR count).